The number of aliphatic hydroxyl groups excluding tert-OH is 1. The van der Waals surface area contributed by atoms with Gasteiger partial charge in [0.1, 0.15) is 0 Å². The van der Waals surface area contributed by atoms with Crippen LogP contribution in [-0.2, 0) is 5.54 Å². The zero-order chi connectivity index (χ0) is 15.5. The number of amides is 1. The number of rotatable bonds is 4. The molecule has 0 heterocycles. The van der Waals surface area contributed by atoms with Crippen LogP contribution in [0.1, 0.15) is 34.0 Å². The van der Waals surface area contributed by atoms with Crippen LogP contribution in [0.25, 0.3) is 0 Å². The summed E-state index contributed by atoms with van der Waals surface area (Å²) in [5.74, 6) is -0.170. The van der Waals surface area contributed by atoms with E-state index in [1.165, 1.54) is 0 Å². The average Bonchev–Trinajstić information content (AvgIpc) is 2.50. The summed E-state index contributed by atoms with van der Waals surface area (Å²) >= 11 is 0. The average molecular weight is 283 g/mol. The van der Waals surface area contributed by atoms with E-state index in [2.05, 4.69) is 5.32 Å². The van der Waals surface area contributed by atoms with E-state index in [0.29, 0.717) is 5.56 Å². The van der Waals surface area contributed by atoms with Crippen LogP contribution in [0, 0.1) is 13.8 Å². The van der Waals surface area contributed by atoms with Gasteiger partial charge in [-0.05, 0) is 43.5 Å². The van der Waals surface area contributed by atoms with Gasteiger partial charge in [0.2, 0.25) is 0 Å². The molecular weight excluding hydrogens is 262 g/mol. The molecule has 0 aliphatic rings. The minimum Gasteiger partial charge on any atom is -0.394 e. The zero-order valence-electron chi connectivity index (χ0n) is 12.7. The van der Waals surface area contributed by atoms with Crippen LogP contribution in [0.2, 0.25) is 0 Å². The predicted octanol–water partition coefficient (Wildman–Crippen LogP) is 2.94. The van der Waals surface area contributed by atoms with Crippen molar-refractivity contribution >= 4 is 5.91 Å². The molecule has 0 saturated carbocycles. The fourth-order valence-electron chi connectivity index (χ4n) is 2.32. The van der Waals surface area contributed by atoms with E-state index in [4.69, 9.17) is 0 Å². The normalized spacial score (nSPS) is 13.5. The quantitative estimate of drug-likeness (QED) is 0.906. The third-order valence-corrected chi connectivity index (χ3v) is 3.97. The molecule has 2 aromatic rings. The van der Waals surface area contributed by atoms with Crippen molar-refractivity contribution in [1.82, 2.24) is 5.32 Å². The smallest absolute Gasteiger partial charge is 0.252 e. The van der Waals surface area contributed by atoms with Crippen molar-refractivity contribution in [1.29, 1.82) is 0 Å². The standard InChI is InChI=1S/C18H21NO2/c1-13-8-7-11-16(14(13)2)17(21)19-18(3,12-20)15-9-5-4-6-10-15/h4-11,20H,12H2,1-3H3,(H,19,21). The SMILES string of the molecule is Cc1cccc(C(=O)NC(C)(CO)c2ccccc2)c1C. The van der Waals surface area contributed by atoms with Gasteiger partial charge in [-0.25, -0.2) is 0 Å². The van der Waals surface area contributed by atoms with E-state index in [1.54, 1.807) is 6.07 Å². The largest absolute Gasteiger partial charge is 0.394 e. The van der Waals surface area contributed by atoms with Gasteiger partial charge in [0.15, 0.2) is 0 Å². The lowest BCUT2D eigenvalue weighted by Crippen LogP contribution is -2.46. The molecule has 21 heavy (non-hydrogen) atoms. The van der Waals surface area contributed by atoms with E-state index in [9.17, 15) is 9.90 Å². The minimum absolute atomic E-state index is 0.159. The lowest BCUT2D eigenvalue weighted by molar-refractivity contribution is 0.0849. The van der Waals surface area contributed by atoms with E-state index in [0.717, 1.165) is 16.7 Å². The molecule has 0 fully saturated rings. The summed E-state index contributed by atoms with van der Waals surface area (Å²) in [6.45, 7) is 5.58. The summed E-state index contributed by atoms with van der Waals surface area (Å²) in [4.78, 5) is 12.5. The van der Waals surface area contributed by atoms with Gasteiger partial charge < -0.3 is 10.4 Å². The Hall–Kier alpha value is -2.13. The number of carbonyl (C=O) groups excluding carboxylic acids is 1. The molecule has 2 N–H and O–H groups in total. The van der Waals surface area contributed by atoms with Crippen LogP contribution in [0.3, 0.4) is 0 Å². The van der Waals surface area contributed by atoms with Crippen LogP contribution in [0.5, 0.6) is 0 Å². The first-order valence-corrected chi connectivity index (χ1v) is 7.03. The third kappa shape index (κ3) is 3.14. The van der Waals surface area contributed by atoms with Crippen molar-refractivity contribution in [3.8, 4) is 0 Å². The number of nitrogens with one attached hydrogen (secondary N) is 1. The van der Waals surface area contributed by atoms with Crippen LogP contribution < -0.4 is 5.32 Å². The number of aryl methyl sites for hydroxylation is 1. The Bertz CT molecular complexity index is 637. The number of hydrogen-bond acceptors (Lipinski definition) is 2. The highest BCUT2D eigenvalue weighted by molar-refractivity contribution is 5.96. The van der Waals surface area contributed by atoms with E-state index in [1.807, 2.05) is 63.2 Å². The molecule has 110 valence electrons. The van der Waals surface area contributed by atoms with Crippen molar-refractivity contribution in [2.75, 3.05) is 6.61 Å². The van der Waals surface area contributed by atoms with Crippen LogP contribution >= 0.6 is 0 Å². The first kappa shape index (κ1) is 15.3. The molecule has 1 unspecified atom stereocenters. The Morgan fingerprint density at radius 2 is 1.76 bits per heavy atom. The summed E-state index contributed by atoms with van der Waals surface area (Å²) < 4.78 is 0. The molecule has 0 bridgehead atoms. The van der Waals surface area contributed by atoms with Gasteiger partial charge >= 0.3 is 0 Å². The van der Waals surface area contributed by atoms with Gasteiger partial charge in [-0.2, -0.15) is 0 Å². The summed E-state index contributed by atoms with van der Waals surface area (Å²) in [5.41, 5.74) is 2.77. The monoisotopic (exact) mass is 283 g/mol. The maximum atomic E-state index is 12.5. The molecule has 3 heteroatoms. The second-order valence-corrected chi connectivity index (χ2v) is 5.56. The molecule has 0 radical (unpaired) electrons. The number of hydrogen-bond donors (Lipinski definition) is 2. The highest BCUT2D eigenvalue weighted by Crippen LogP contribution is 2.21. The Kier molecular flexibility index (Phi) is 4.43. The second-order valence-electron chi connectivity index (χ2n) is 5.56. The van der Waals surface area contributed by atoms with Gasteiger partial charge in [-0.3, -0.25) is 4.79 Å². The van der Waals surface area contributed by atoms with Crippen molar-refractivity contribution in [3.63, 3.8) is 0 Å². The molecule has 3 nitrogen and oxygen atoms in total. The van der Waals surface area contributed by atoms with Gasteiger partial charge in [0.25, 0.3) is 5.91 Å². The van der Waals surface area contributed by atoms with E-state index >= 15 is 0 Å². The van der Waals surface area contributed by atoms with Gasteiger partial charge in [0, 0.05) is 5.56 Å². The summed E-state index contributed by atoms with van der Waals surface area (Å²) in [7, 11) is 0. The first-order chi connectivity index (χ1) is 9.98. The molecule has 0 saturated heterocycles. The maximum absolute atomic E-state index is 12.5. The number of carbonyl (C=O) groups is 1. The Morgan fingerprint density at radius 3 is 2.38 bits per heavy atom. The number of benzene rings is 2. The maximum Gasteiger partial charge on any atom is 0.252 e. The Labute approximate surface area is 125 Å². The first-order valence-electron chi connectivity index (χ1n) is 7.03. The molecule has 1 amide bonds. The van der Waals surface area contributed by atoms with Crippen LogP contribution in [0.4, 0.5) is 0 Å². The minimum atomic E-state index is -0.797. The van der Waals surface area contributed by atoms with Gasteiger partial charge in [-0.1, -0.05) is 42.5 Å². The van der Waals surface area contributed by atoms with Crippen molar-refractivity contribution < 1.29 is 9.90 Å². The lowest BCUT2D eigenvalue weighted by atomic mass is 9.92. The molecule has 0 aliphatic heterocycles. The molecule has 2 rings (SSSR count). The fraction of sp³-hybridized carbons (Fsp3) is 0.278. The highest BCUT2D eigenvalue weighted by Gasteiger charge is 2.28. The topological polar surface area (TPSA) is 49.3 Å². The van der Waals surface area contributed by atoms with Gasteiger partial charge in [0.05, 0.1) is 12.1 Å². The molecule has 2 aromatic carbocycles. The Morgan fingerprint density at radius 1 is 1.10 bits per heavy atom. The van der Waals surface area contributed by atoms with Crippen molar-refractivity contribution in [2.24, 2.45) is 0 Å². The van der Waals surface area contributed by atoms with E-state index in [-0.39, 0.29) is 12.5 Å². The van der Waals surface area contributed by atoms with Crippen LogP contribution in [0.15, 0.2) is 48.5 Å². The summed E-state index contributed by atoms with van der Waals surface area (Å²) in [6.07, 6.45) is 0. The van der Waals surface area contributed by atoms with Crippen molar-refractivity contribution in [3.05, 3.63) is 70.8 Å². The number of aliphatic hydroxyl groups is 1. The highest BCUT2D eigenvalue weighted by atomic mass is 16.3. The fourth-order valence-corrected chi connectivity index (χ4v) is 2.32. The zero-order valence-corrected chi connectivity index (χ0v) is 12.7. The van der Waals surface area contributed by atoms with E-state index < -0.39 is 5.54 Å². The third-order valence-electron chi connectivity index (χ3n) is 3.97. The lowest BCUT2D eigenvalue weighted by Gasteiger charge is -2.29. The summed E-state index contributed by atoms with van der Waals surface area (Å²) in [5, 5.41) is 12.7. The van der Waals surface area contributed by atoms with Crippen molar-refractivity contribution in [2.45, 2.75) is 26.3 Å². The predicted molar refractivity (Wildman–Crippen MR) is 84.3 cm³/mol. The molecular formula is C18H21NO2. The molecule has 0 spiro atoms. The molecule has 0 aromatic heterocycles. The Balaban J connectivity index is 2.30. The molecule has 1 atom stereocenters. The van der Waals surface area contributed by atoms with Gasteiger partial charge in [-0.15, -0.1) is 0 Å². The summed E-state index contributed by atoms with van der Waals surface area (Å²) in [6, 6.07) is 15.2. The second kappa shape index (κ2) is 6.10. The molecule has 0 aliphatic carbocycles. The van der Waals surface area contributed by atoms with Crippen LogP contribution in [-0.4, -0.2) is 17.6 Å².